The Labute approximate surface area is 78.3 Å². The Morgan fingerprint density at radius 2 is 1.86 bits per heavy atom. The van der Waals surface area contributed by atoms with Gasteiger partial charge in [-0.1, -0.05) is 0 Å². The van der Waals surface area contributed by atoms with E-state index in [1.807, 2.05) is 0 Å². The van der Waals surface area contributed by atoms with Crippen LogP contribution in [0.3, 0.4) is 0 Å². The lowest BCUT2D eigenvalue weighted by Gasteiger charge is -2.12. The van der Waals surface area contributed by atoms with Crippen molar-refractivity contribution in [2.24, 2.45) is 23.7 Å². The van der Waals surface area contributed by atoms with E-state index in [0.29, 0.717) is 5.92 Å². The highest BCUT2D eigenvalue weighted by Gasteiger charge is 2.79. The highest BCUT2D eigenvalue weighted by molar-refractivity contribution is 5.21. The number of rotatable bonds is 3. The second-order valence-corrected chi connectivity index (χ2v) is 4.29. The summed E-state index contributed by atoms with van der Waals surface area (Å²) in [7, 11) is 0. The minimum atomic E-state index is -0.822. The maximum atomic E-state index is 10.7. The van der Waals surface area contributed by atoms with Crippen LogP contribution in [0, 0.1) is 43.9 Å². The molecule has 0 aromatic carbocycles. The van der Waals surface area contributed by atoms with E-state index < -0.39 is 17.2 Å². The van der Waals surface area contributed by atoms with Crippen LogP contribution in [0.5, 0.6) is 0 Å². The van der Waals surface area contributed by atoms with Crippen LogP contribution in [0.25, 0.3) is 0 Å². The molecule has 0 heterocycles. The van der Waals surface area contributed by atoms with Crippen molar-refractivity contribution in [3.05, 3.63) is 20.2 Å². The van der Waals surface area contributed by atoms with Gasteiger partial charge in [-0.3, -0.25) is 10.1 Å². The highest BCUT2D eigenvalue weighted by atomic mass is 17.0. The normalized spacial score (nSPS) is 51.7. The van der Waals surface area contributed by atoms with Crippen molar-refractivity contribution >= 4 is 0 Å². The first kappa shape index (κ1) is 7.95. The molecule has 2 unspecified atom stereocenters. The predicted octanol–water partition coefficient (Wildman–Crippen LogP) is 0.104. The van der Waals surface area contributed by atoms with Gasteiger partial charge >= 0.3 is 0 Å². The molecule has 0 saturated heterocycles. The Kier molecular flexibility index (Phi) is 1.22. The van der Waals surface area contributed by atoms with Gasteiger partial charge in [0, 0.05) is 10.8 Å². The van der Waals surface area contributed by atoms with Gasteiger partial charge in [0.05, 0.1) is 5.92 Å². The Morgan fingerprint density at radius 1 is 1.14 bits per heavy atom. The van der Waals surface area contributed by atoms with E-state index in [0.717, 1.165) is 6.42 Å². The minimum absolute atomic E-state index is 0.0555. The van der Waals surface area contributed by atoms with E-state index in [1.165, 1.54) is 0 Å². The Balaban J connectivity index is 1.81. The summed E-state index contributed by atoms with van der Waals surface area (Å²) in [4.78, 5) is 25.1. The van der Waals surface area contributed by atoms with Crippen molar-refractivity contribution in [1.29, 1.82) is 0 Å². The smallest absolute Gasteiger partial charge is 0.294 e. The standard InChI is InChI=1S/C7H8N2O5/c10-8(11)6-3-1-2-4(6)5(2)7(3)14-9(12)13/h2-7H,1H2/t2-,3+,4?,5?,6+,7-/m1/s1. The molecule has 0 aromatic rings. The van der Waals surface area contributed by atoms with E-state index in [2.05, 4.69) is 4.84 Å². The van der Waals surface area contributed by atoms with E-state index in [-0.39, 0.29) is 22.7 Å². The Bertz CT molecular complexity index is 332. The second kappa shape index (κ2) is 2.15. The molecular formula is C7H8N2O5. The van der Waals surface area contributed by atoms with Gasteiger partial charge < -0.3 is 4.84 Å². The summed E-state index contributed by atoms with van der Waals surface area (Å²) in [5, 5.41) is 20.0. The van der Waals surface area contributed by atoms with Crippen molar-refractivity contribution in [3.63, 3.8) is 0 Å². The van der Waals surface area contributed by atoms with Crippen LogP contribution in [-0.2, 0) is 4.84 Å². The number of nitro groups is 1. The molecule has 76 valence electrons. The van der Waals surface area contributed by atoms with Crippen LogP contribution < -0.4 is 0 Å². The van der Waals surface area contributed by atoms with Crippen molar-refractivity contribution in [1.82, 2.24) is 0 Å². The summed E-state index contributed by atoms with van der Waals surface area (Å²) in [6.07, 6.45) is 0.231. The molecule has 4 fully saturated rings. The van der Waals surface area contributed by atoms with Gasteiger partial charge in [-0.25, -0.2) is 0 Å². The molecule has 0 amide bonds. The van der Waals surface area contributed by atoms with Gasteiger partial charge in [0.25, 0.3) is 5.09 Å². The van der Waals surface area contributed by atoms with Gasteiger partial charge in [-0.2, -0.15) is 0 Å². The monoisotopic (exact) mass is 200 g/mol. The topological polar surface area (TPSA) is 95.5 Å². The highest BCUT2D eigenvalue weighted by Crippen LogP contribution is 2.71. The molecule has 0 aromatic heterocycles. The lowest BCUT2D eigenvalue weighted by Crippen LogP contribution is -2.30. The molecule has 7 heteroatoms. The summed E-state index contributed by atoms with van der Waals surface area (Å²) < 4.78 is 0. The SMILES string of the molecule is O=[N+]([O-])O[C@H]1C2C3[C@H]2C[C@H]1[C@@H]3[N+](=O)[O-]. The van der Waals surface area contributed by atoms with Gasteiger partial charge in [-0.05, 0) is 18.3 Å². The summed E-state index contributed by atoms with van der Waals surface area (Å²) in [5.74, 6) is 0.233. The van der Waals surface area contributed by atoms with Gasteiger partial charge in [0.1, 0.15) is 6.10 Å². The number of hydrogen-bond acceptors (Lipinski definition) is 5. The summed E-state index contributed by atoms with van der Waals surface area (Å²) in [5.41, 5.74) is 0. The summed E-state index contributed by atoms with van der Waals surface area (Å²) >= 11 is 0. The fourth-order valence-electron chi connectivity index (χ4n) is 3.58. The van der Waals surface area contributed by atoms with Crippen molar-refractivity contribution in [3.8, 4) is 0 Å². The molecule has 0 N–H and O–H groups in total. The lowest BCUT2D eigenvalue weighted by molar-refractivity contribution is -0.771. The quantitative estimate of drug-likeness (QED) is 0.475. The molecule has 4 rings (SSSR count). The number of hydrogen-bond donors (Lipinski definition) is 0. The molecule has 4 saturated carbocycles. The van der Waals surface area contributed by atoms with E-state index >= 15 is 0 Å². The lowest BCUT2D eigenvalue weighted by atomic mass is 10.1. The van der Waals surface area contributed by atoms with Crippen molar-refractivity contribution in [2.75, 3.05) is 0 Å². The zero-order chi connectivity index (χ0) is 10.0. The van der Waals surface area contributed by atoms with Gasteiger partial charge in [0.15, 0.2) is 0 Å². The average molecular weight is 200 g/mol. The van der Waals surface area contributed by atoms with Crippen LogP contribution in [0.15, 0.2) is 0 Å². The first-order chi connectivity index (χ1) is 6.61. The third-order valence-corrected chi connectivity index (χ3v) is 3.92. The molecule has 6 atom stereocenters. The third-order valence-electron chi connectivity index (χ3n) is 3.92. The average Bonchev–Trinajstić information content (AvgIpc) is 2.42. The first-order valence-corrected chi connectivity index (χ1v) is 4.56. The van der Waals surface area contributed by atoms with Crippen LogP contribution >= 0.6 is 0 Å². The minimum Gasteiger partial charge on any atom is -0.310 e. The zero-order valence-corrected chi connectivity index (χ0v) is 7.11. The van der Waals surface area contributed by atoms with E-state index in [1.54, 1.807) is 0 Å². The van der Waals surface area contributed by atoms with Crippen molar-refractivity contribution in [2.45, 2.75) is 18.6 Å². The number of nitrogens with zero attached hydrogens (tertiary/aromatic N) is 2. The fourth-order valence-corrected chi connectivity index (χ4v) is 3.58. The summed E-state index contributed by atoms with van der Waals surface area (Å²) in [6, 6.07) is -0.588. The predicted molar refractivity (Wildman–Crippen MR) is 41.2 cm³/mol. The van der Waals surface area contributed by atoms with Crippen molar-refractivity contribution < 1.29 is 14.8 Å². The molecule has 4 aliphatic rings. The zero-order valence-electron chi connectivity index (χ0n) is 7.11. The largest absolute Gasteiger partial charge is 0.310 e. The van der Waals surface area contributed by atoms with Crippen LogP contribution in [-0.4, -0.2) is 22.2 Å². The summed E-state index contributed by atoms with van der Waals surface area (Å²) in [6.45, 7) is 0. The molecule has 4 aliphatic carbocycles. The second-order valence-electron chi connectivity index (χ2n) is 4.29. The Hall–Kier alpha value is -1.40. The molecule has 0 radical (unpaired) electrons. The molecule has 0 aliphatic heterocycles. The van der Waals surface area contributed by atoms with Crippen LogP contribution in [0.4, 0.5) is 0 Å². The third kappa shape index (κ3) is 0.729. The molecule has 0 spiro atoms. The Morgan fingerprint density at radius 3 is 2.29 bits per heavy atom. The maximum absolute atomic E-state index is 10.7. The van der Waals surface area contributed by atoms with Gasteiger partial charge in [0.2, 0.25) is 6.04 Å². The van der Waals surface area contributed by atoms with Crippen LogP contribution in [0.2, 0.25) is 0 Å². The maximum Gasteiger partial charge on any atom is 0.294 e. The molecular weight excluding hydrogens is 192 g/mol. The van der Waals surface area contributed by atoms with E-state index in [4.69, 9.17) is 0 Å². The first-order valence-electron chi connectivity index (χ1n) is 4.56. The fraction of sp³-hybridized carbons (Fsp3) is 1.00. The molecule has 4 bridgehead atoms. The molecule has 7 nitrogen and oxygen atoms in total. The van der Waals surface area contributed by atoms with Gasteiger partial charge in [-0.15, -0.1) is 10.1 Å². The van der Waals surface area contributed by atoms with E-state index in [9.17, 15) is 20.2 Å². The molecule has 14 heavy (non-hydrogen) atoms. The van der Waals surface area contributed by atoms with Crippen LogP contribution in [0.1, 0.15) is 6.42 Å².